The number of methoxy groups -OCH3 is 1. The summed E-state index contributed by atoms with van der Waals surface area (Å²) in [7, 11) is 1.62. The largest absolute Gasteiger partial charge is 0.353 e. The van der Waals surface area contributed by atoms with Crippen molar-refractivity contribution >= 4 is 0 Å². The molecule has 0 aliphatic carbocycles. The molecule has 40 valence electrons. The van der Waals surface area contributed by atoms with Gasteiger partial charge in [-0.05, 0) is 0 Å². The monoisotopic (exact) mass is 100 g/mol. The van der Waals surface area contributed by atoms with Gasteiger partial charge in [0.25, 0.3) is 0 Å². The summed E-state index contributed by atoms with van der Waals surface area (Å²) in [6.07, 6.45) is 1.89. The summed E-state index contributed by atoms with van der Waals surface area (Å²) >= 11 is 0. The summed E-state index contributed by atoms with van der Waals surface area (Å²) in [6.45, 7) is 3.52. The first kappa shape index (κ1) is 4.81. The smallest absolute Gasteiger partial charge is 0.188 e. The molecule has 2 unspecified atom stereocenters. The summed E-state index contributed by atoms with van der Waals surface area (Å²) in [4.78, 5) is 0. The third kappa shape index (κ3) is 0.813. The number of epoxide rings is 1. The molecular weight excluding hydrogens is 92.1 g/mol. The van der Waals surface area contributed by atoms with E-state index in [9.17, 15) is 0 Å². The second-order valence-corrected chi connectivity index (χ2v) is 1.44. The van der Waals surface area contributed by atoms with Crippen LogP contribution in [0, 0.1) is 0 Å². The molecule has 1 heterocycles. The molecule has 7 heavy (non-hydrogen) atoms. The Morgan fingerprint density at radius 1 is 1.86 bits per heavy atom. The lowest BCUT2D eigenvalue weighted by atomic mass is 10.5. The van der Waals surface area contributed by atoms with Crippen LogP contribution < -0.4 is 0 Å². The highest BCUT2D eigenvalue weighted by Crippen LogP contribution is 2.22. The molecule has 1 saturated heterocycles. The molecule has 0 aromatic rings. The molecule has 0 radical (unpaired) electrons. The van der Waals surface area contributed by atoms with E-state index in [1.54, 1.807) is 13.2 Å². The predicted octanol–water partition coefficient (Wildman–Crippen LogP) is 0.544. The van der Waals surface area contributed by atoms with Crippen molar-refractivity contribution in [3.8, 4) is 0 Å². The maximum Gasteiger partial charge on any atom is 0.188 e. The molecule has 2 nitrogen and oxygen atoms in total. The molecule has 0 saturated carbocycles. The average Bonchev–Trinajstić information content (AvgIpc) is 2.43. The lowest BCUT2D eigenvalue weighted by molar-refractivity contribution is 0.0950. The Morgan fingerprint density at radius 2 is 2.57 bits per heavy atom. The fourth-order valence-electron chi connectivity index (χ4n) is 0.466. The van der Waals surface area contributed by atoms with Crippen molar-refractivity contribution in [1.29, 1.82) is 0 Å². The van der Waals surface area contributed by atoms with E-state index >= 15 is 0 Å². The molecule has 1 aliphatic heterocycles. The first-order valence-corrected chi connectivity index (χ1v) is 2.19. The molecule has 1 aliphatic rings. The molecule has 2 heteroatoms. The topological polar surface area (TPSA) is 21.8 Å². The minimum absolute atomic E-state index is 0.00231. The Balaban J connectivity index is 2.17. The maximum atomic E-state index is 4.88. The summed E-state index contributed by atoms with van der Waals surface area (Å²) in [6, 6.07) is 0. The molecule has 1 fully saturated rings. The minimum atomic E-state index is -0.00231. The molecule has 0 amide bonds. The van der Waals surface area contributed by atoms with Crippen molar-refractivity contribution in [1.82, 2.24) is 0 Å². The summed E-state index contributed by atoms with van der Waals surface area (Å²) in [5.41, 5.74) is 0. The Bertz CT molecular complexity index is 80.1. The predicted molar refractivity (Wildman–Crippen MR) is 25.9 cm³/mol. The van der Waals surface area contributed by atoms with Gasteiger partial charge in [0.15, 0.2) is 6.29 Å². The van der Waals surface area contributed by atoms with Gasteiger partial charge in [0.05, 0.1) is 0 Å². The standard InChI is InChI=1S/C5H8O2/c1-3-4-5(6-2)7-4/h3-5H,1H2,2H3. The van der Waals surface area contributed by atoms with E-state index in [1.165, 1.54) is 0 Å². The van der Waals surface area contributed by atoms with Crippen molar-refractivity contribution in [2.24, 2.45) is 0 Å². The SMILES string of the molecule is C=CC1OC1OC. The molecule has 0 spiro atoms. The molecule has 0 aromatic heterocycles. The first-order chi connectivity index (χ1) is 3.38. The van der Waals surface area contributed by atoms with Crippen LogP contribution in [-0.2, 0) is 9.47 Å². The van der Waals surface area contributed by atoms with Crippen LogP contribution in [0.5, 0.6) is 0 Å². The van der Waals surface area contributed by atoms with Gasteiger partial charge in [-0.1, -0.05) is 6.08 Å². The molecule has 2 atom stereocenters. The van der Waals surface area contributed by atoms with Crippen LogP contribution in [0.1, 0.15) is 0 Å². The van der Waals surface area contributed by atoms with Gasteiger partial charge in [0.1, 0.15) is 6.10 Å². The van der Waals surface area contributed by atoms with Crippen LogP contribution >= 0.6 is 0 Å². The molecule has 0 aromatic carbocycles. The van der Waals surface area contributed by atoms with Gasteiger partial charge in [0, 0.05) is 7.11 Å². The highest BCUT2D eigenvalue weighted by atomic mass is 16.8. The maximum absolute atomic E-state index is 4.88. The summed E-state index contributed by atoms with van der Waals surface area (Å²) in [5.74, 6) is 0. The van der Waals surface area contributed by atoms with Crippen LogP contribution in [-0.4, -0.2) is 19.5 Å². The van der Waals surface area contributed by atoms with Gasteiger partial charge in [-0.3, -0.25) is 0 Å². The lowest BCUT2D eigenvalue weighted by Crippen LogP contribution is -1.90. The zero-order valence-corrected chi connectivity index (χ0v) is 4.26. The van der Waals surface area contributed by atoms with Crippen LogP contribution in [0.4, 0.5) is 0 Å². The third-order valence-electron chi connectivity index (χ3n) is 0.948. The second kappa shape index (κ2) is 1.64. The number of hydrogen-bond donors (Lipinski definition) is 0. The van der Waals surface area contributed by atoms with Gasteiger partial charge < -0.3 is 9.47 Å². The molecule has 0 N–H and O–H groups in total. The van der Waals surface area contributed by atoms with Crippen molar-refractivity contribution < 1.29 is 9.47 Å². The van der Waals surface area contributed by atoms with E-state index in [4.69, 9.17) is 9.47 Å². The number of hydrogen-bond acceptors (Lipinski definition) is 2. The van der Waals surface area contributed by atoms with Gasteiger partial charge in [-0.15, -0.1) is 6.58 Å². The molecule has 0 bridgehead atoms. The number of rotatable bonds is 2. The van der Waals surface area contributed by atoms with Gasteiger partial charge in [-0.25, -0.2) is 0 Å². The van der Waals surface area contributed by atoms with Crippen molar-refractivity contribution in [2.75, 3.05) is 7.11 Å². The zero-order chi connectivity index (χ0) is 5.28. The highest BCUT2D eigenvalue weighted by Gasteiger charge is 2.35. The van der Waals surface area contributed by atoms with Crippen LogP contribution in [0.25, 0.3) is 0 Å². The minimum Gasteiger partial charge on any atom is -0.353 e. The van der Waals surface area contributed by atoms with Gasteiger partial charge >= 0.3 is 0 Å². The van der Waals surface area contributed by atoms with E-state index < -0.39 is 0 Å². The molecular formula is C5H8O2. The van der Waals surface area contributed by atoms with Crippen LogP contribution in [0.3, 0.4) is 0 Å². The Kier molecular flexibility index (Phi) is 1.13. The normalized spacial score (nSPS) is 37.9. The Labute approximate surface area is 42.7 Å². The fraction of sp³-hybridized carbons (Fsp3) is 0.600. The molecule has 1 rings (SSSR count). The van der Waals surface area contributed by atoms with Crippen molar-refractivity contribution in [2.45, 2.75) is 12.4 Å². The Hall–Kier alpha value is -0.340. The second-order valence-electron chi connectivity index (χ2n) is 1.44. The van der Waals surface area contributed by atoms with E-state index in [0.717, 1.165) is 0 Å². The van der Waals surface area contributed by atoms with Gasteiger partial charge in [0.2, 0.25) is 0 Å². The van der Waals surface area contributed by atoms with Crippen molar-refractivity contribution in [3.05, 3.63) is 12.7 Å². The van der Waals surface area contributed by atoms with Gasteiger partial charge in [-0.2, -0.15) is 0 Å². The quantitative estimate of drug-likeness (QED) is 0.373. The number of ether oxygens (including phenoxy) is 2. The highest BCUT2D eigenvalue weighted by molar-refractivity contribution is 4.92. The van der Waals surface area contributed by atoms with Crippen LogP contribution in [0.15, 0.2) is 12.7 Å². The van der Waals surface area contributed by atoms with E-state index in [-0.39, 0.29) is 12.4 Å². The Morgan fingerprint density at radius 3 is 2.71 bits per heavy atom. The first-order valence-electron chi connectivity index (χ1n) is 2.19. The lowest BCUT2D eigenvalue weighted by Gasteiger charge is -1.79. The van der Waals surface area contributed by atoms with E-state index in [1.807, 2.05) is 0 Å². The van der Waals surface area contributed by atoms with Crippen LogP contribution in [0.2, 0.25) is 0 Å². The van der Waals surface area contributed by atoms with E-state index in [0.29, 0.717) is 0 Å². The fourth-order valence-corrected chi connectivity index (χ4v) is 0.466. The summed E-state index contributed by atoms with van der Waals surface area (Å²) in [5, 5.41) is 0. The zero-order valence-electron chi connectivity index (χ0n) is 4.26. The van der Waals surface area contributed by atoms with Crippen molar-refractivity contribution in [3.63, 3.8) is 0 Å². The summed E-state index contributed by atoms with van der Waals surface area (Å²) < 4.78 is 9.65. The third-order valence-corrected chi connectivity index (χ3v) is 0.948. The van der Waals surface area contributed by atoms with E-state index in [2.05, 4.69) is 6.58 Å². The average molecular weight is 100 g/mol.